The molecule has 1 N–H and O–H groups in total. The van der Waals surface area contributed by atoms with Gasteiger partial charge in [-0.25, -0.2) is 4.79 Å². The van der Waals surface area contributed by atoms with Crippen LogP contribution in [0.4, 0.5) is 4.79 Å². The number of amides is 3. The summed E-state index contributed by atoms with van der Waals surface area (Å²) >= 11 is 0. The summed E-state index contributed by atoms with van der Waals surface area (Å²) in [5.41, 5.74) is 3.02. The van der Waals surface area contributed by atoms with Crippen LogP contribution < -0.4 is 14.8 Å². The maximum Gasteiger partial charge on any atom is 0.325 e. The number of urea groups is 1. The molecule has 3 aromatic carbocycles. The number of rotatable bonds is 6. The van der Waals surface area contributed by atoms with Crippen molar-refractivity contribution in [3.05, 3.63) is 94.5 Å². The van der Waals surface area contributed by atoms with Gasteiger partial charge in [-0.1, -0.05) is 48.0 Å². The molecule has 4 rings (SSSR count). The lowest BCUT2D eigenvalue weighted by Crippen LogP contribution is -2.45. The molecule has 1 saturated heterocycles. The van der Waals surface area contributed by atoms with Crippen LogP contribution in [0.15, 0.2) is 66.7 Å². The number of methoxy groups -OCH3 is 2. The minimum absolute atomic E-state index is 0.201. The molecule has 0 saturated carbocycles. The topological polar surface area (TPSA) is 67.9 Å². The highest BCUT2D eigenvalue weighted by Gasteiger charge is 2.53. The standard InChI is InChI=1S/C26H26N2O4/c1-17-5-6-18(2)19(15-17)16-28-24(29)26(27-25(28)30,20-7-11-22(31-3)12-8-20)21-9-13-23(32-4)14-10-21/h5-15H,16H2,1-4H3,(H,27,30). The molecule has 1 heterocycles. The van der Waals surface area contributed by atoms with Gasteiger partial charge in [0.2, 0.25) is 0 Å². The molecular formula is C26H26N2O4. The third-order valence-corrected chi connectivity index (χ3v) is 5.98. The normalized spacial score (nSPS) is 14.9. The smallest absolute Gasteiger partial charge is 0.325 e. The summed E-state index contributed by atoms with van der Waals surface area (Å²) in [6.07, 6.45) is 0. The Labute approximate surface area is 187 Å². The second-order valence-electron chi connectivity index (χ2n) is 7.96. The summed E-state index contributed by atoms with van der Waals surface area (Å²) in [4.78, 5) is 28.4. The van der Waals surface area contributed by atoms with E-state index in [1.807, 2.05) is 56.3 Å². The Balaban J connectivity index is 1.81. The first-order valence-electron chi connectivity index (χ1n) is 10.4. The van der Waals surface area contributed by atoms with Crippen molar-refractivity contribution >= 4 is 11.9 Å². The summed E-state index contributed by atoms with van der Waals surface area (Å²) in [6, 6.07) is 20.0. The van der Waals surface area contributed by atoms with Crippen LogP contribution in [0.25, 0.3) is 0 Å². The molecule has 3 amide bonds. The minimum Gasteiger partial charge on any atom is -0.497 e. The van der Waals surface area contributed by atoms with Gasteiger partial charge in [0.15, 0.2) is 5.54 Å². The van der Waals surface area contributed by atoms with Crippen LogP contribution in [-0.4, -0.2) is 31.1 Å². The molecule has 1 aliphatic rings. The fourth-order valence-electron chi connectivity index (χ4n) is 4.10. The fraction of sp³-hybridized carbons (Fsp3) is 0.231. The molecule has 3 aromatic rings. The van der Waals surface area contributed by atoms with E-state index in [0.29, 0.717) is 22.6 Å². The van der Waals surface area contributed by atoms with Crippen molar-refractivity contribution in [2.45, 2.75) is 25.9 Å². The van der Waals surface area contributed by atoms with Crippen molar-refractivity contribution in [1.29, 1.82) is 0 Å². The van der Waals surface area contributed by atoms with Crippen molar-refractivity contribution in [2.75, 3.05) is 14.2 Å². The van der Waals surface area contributed by atoms with Crippen LogP contribution in [0.5, 0.6) is 11.5 Å². The van der Waals surface area contributed by atoms with Crippen LogP contribution in [0.1, 0.15) is 27.8 Å². The minimum atomic E-state index is -1.34. The van der Waals surface area contributed by atoms with Gasteiger partial charge in [-0.2, -0.15) is 0 Å². The highest BCUT2D eigenvalue weighted by molar-refractivity contribution is 6.09. The fourth-order valence-corrected chi connectivity index (χ4v) is 4.10. The third kappa shape index (κ3) is 3.58. The van der Waals surface area contributed by atoms with Crippen molar-refractivity contribution in [3.63, 3.8) is 0 Å². The highest BCUT2D eigenvalue weighted by atomic mass is 16.5. The maximum atomic E-state index is 13.9. The predicted octanol–water partition coefficient (Wildman–Crippen LogP) is 4.32. The van der Waals surface area contributed by atoms with E-state index in [1.54, 1.807) is 38.5 Å². The first kappa shape index (κ1) is 21.4. The number of ether oxygens (including phenoxy) is 2. The number of hydrogen-bond acceptors (Lipinski definition) is 4. The van der Waals surface area contributed by atoms with E-state index < -0.39 is 11.6 Å². The Morgan fingerprint density at radius 2 is 1.34 bits per heavy atom. The molecule has 1 fully saturated rings. The number of benzene rings is 3. The molecule has 32 heavy (non-hydrogen) atoms. The van der Waals surface area contributed by atoms with Crippen LogP contribution in [0.2, 0.25) is 0 Å². The Morgan fingerprint density at radius 1 is 0.812 bits per heavy atom. The van der Waals surface area contributed by atoms with Crippen LogP contribution in [0.3, 0.4) is 0 Å². The van der Waals surface area contributed by atoms with Crippen molar-refractivity contribution < 1.29 is 19.1 Å². The van der Waals surface area contributed by atoms with Gasteiger partial charge >= 0.3 is 6.03 Å². The number of aryl methyl sites for hydroxylation is 2. The quantitative estimate of drug-likeness (QED) is 0.592. The molecule has 0 bridgehead atoms. The molecule has 0 atom stereocenters. The van der Waals surface area contributed by atoms with E-state index in [9.17, 15) is 9.59 Å². The zero-order chi connectivity index (χ0) is 22.9. The van der Waals surface area contributed by atoms with Gasteiger partial charge in [-0.15, -0.1) is 0 Å². The molecule has 6 nitrogen and oxygen atoms in total. The summed E-state index contributed by atoms with van der Waals surface area (Å²) in [5.74, 6) is 1.02. The molecule has 0 spiro atoms. The van der Waals surface area contributed by atoms with Gasteiger partial charge in [0.1, 0.15) is 11.5 Å². The lowest BCUT2D eigenvalue weighted by atomic mass is 9.82. The number of carbonyl (C=O) groups is 2. The molecular weight excluding hydrogens is 404 g/mol. The maximum absolute atomic E-state index is 13.9. The van der Waals surface area contributed by atoms with Gasteiger partial charge in [-0.3, -0.25) is 9.69 Å². The molecule has 0 unspecified atom stereocenters. The van der Waals surface area contributed by atoms with E-state index in [-0.39, 0.29) is 12.5 Å². The van der Waals surface area contributed by atoms with Crippen LogP contribution in [0, 0.1) is 13.8 Å². The number of imide groups is 1. The first-order chi connectivity index (χ1) is 15.4. The Hall–Kier alpha value is -3.80. The molecule has 164 valence electrons. The van der Waals surface area contributed by atoms with Crippen LogP contribution >= 0.6 is 0 Å². The number of nitrogens with zero attached hydrogens (tertiary/aromatic N) is 1. The summed E-state index contributed by atoms with van der Waals surface area (Å²) in [6.45, 7) is 4.17. The van der Waals surface area contributed by atoms with Gasteiger partial charge in [0, 0.05) is 0 Å². The molecule has 0 radical (unpaired) electrons. The Bertz CT molecular complexity index is 1110. The van der Waals surface area contributed by atoms with E-state index in [0.717, 1.165) is 16.7 Å². The summed E-state index contributed by atoms with van der Waals surface area (Å²) in [7, 11) is 3.17. The van der Waals surface area contributed by atoms with Gasteiger partial charge < -0.3 is 14.8 Å². The SMILES string of the molecule is COc1ccc(C2(c3ccc(OC)cc3)NC(=O)N(Cc3cc(C)ccc3C)C2=O)cc1. The monoisotopic (exact) mass is 430 g/mol. The van der Waals surface area contributed by atoms with E-state index in [1.165, 1.54) is 4.90 Å². The zero-order valence-electron chi connectivity index (χ0n) is 18.6. The first-order valence-corrected chi connectivity index (χ1v) is 10.4. The number of carbonyl (C=O) groups excluding carboxylic acids is 2. The molecule has 6 heteroatoms. The van der Waals surface area contributed by atoms with E-state index in [4.69, 9.17) is 9.47 Å². The van der Waals surface area contributed by atoms with Gasteiger partial charge in [-0.05, 0) is 60.4 Å². The highest BCUT2D eigenvalue weighted by Crippen LogP contribution is 2.38. The predicted molar refractivity (Wildman–Crippen MR) is 122 cm³/mol. The Kier molecular flexibility index (Phi) is 5.61. The van der Waals surface area contributed by atoms with Crippen molar-refractivity contribution in [2.24, 2.45) is 0 Å². The van der Waals surface area contributed by atoms with Crippen LogP contribution in [-0.2, 0) is 16.9 Å². The summed E-state index contributed by atoms with van der Waals surface area (Å²) in [5, 5.41) is 2.98. The third-order valence-electron chi connectivity index (χ3n) is 5.98. The molecule has 1 aliphatic heterocycles. The lowest BCUT2D eigenvalue weighted by Gasteiger charge is -2.28. The second kappa shape index (κ2) is 8.38. The second-order valence-corrected chi connectivity index (χ2v) is 7.96. The average Bonchev–Trinajstić information content (AvgIpc) is 3.07. The van der Waals surface area contributed by atoms with Crippen molar-refractivity contribution in [3.8, 4) is 11.5 Å². The Morgan fingerprint density at radius 3 is 1.84 bits per heavy atom. The van der Waals surface area contributed by atoms with E-state index in [2.05, 4.69) is 5.32 Å². The lowest BCUT2D eigenvalue weighted by molar-refractivity contribution is -0.130. The average molecular weight is 431 g/mol. The van der Waals surface area contributed by atoms with Gasteiger partial charge in [0.05, 0.1) is 20.8 Å². The van der Waals surface area contributed by atoms with Gasteiger partial charge in [0.25, 0.3) is 5.91 Å². The molecule has 0 aromatic heterocycles. The van der Waals surface area contributed by atoms with E-state index >= 15 is 0 Å². The zero-order valence-corrected chi connectivity index (χ0v) is 18.6. The number of nitrogens with one attached hydrogen (secondary N) is 1. The summed E-state index contributed by atoms with van der Waals surface area (Å²) < 4.78 is 10.5. The molecule has 0 aliphatic carbocycles. The van der Waals surface area contributed by atoms with Crippen molar-refractivity contribution in [1.82, 2.24) is 10.2 Å². The largest absolute Gasteiger partial charge is 0.497 e. The number of hydrogen-bond donors (Lipinski definition) is 1.